The number of Topliss-reactive ketones (excluding diaryl/α,β-unsaturated/α-hetero) is 1. The molecule has 0 aromatic heterocycles. The molecule has 0 aliphatic heterocycles. The SMILES string of the molecule is CCCCN(CC)CC(=O)c1c(F)cccc1F. The van der Waals surface area contributed by atoms with Crippen LogP contribution in [0.2, 0.25) is 0 Å². The first-order valence-corrected chi connectivity index (χ1v) is 6.29. The number of rotatable bonds is 7. The van der Waals surface area contributed by atoms with Crippen LogP contribution in [0.3, 0.4) is 0 Å². The molecule has 0 N–H and O–H groups in total. The first-order valence-electron chi connectivity index (χ1n) is 6.29. The molecule has 4 heteroatoms. The second-order valence-corrected chi connectivity index (χ2v) is 4.24. The van der Waals surface area contributed by atoms with E-state index in [0.29, 0.717) is 6.54 Å². The molecule has 0 saturated carbocycles. The van der Waals surface area contributed by atoms with Crippen molar-refractivity contribution >= 4 is 5.78 Å². The summed E-state index contributed by atoms with van der Waals surface area (Å²) in [5, 5.41) is 0. The van der Waals surface area contributed by atoms with E-state index in [1.165, 1.54) is 6.07 Å². The topological polar surface area (TPSA) is 20.3 Å². The van der Waals surface area contributed by atoms with Crippen LogP contribution in [0.4, 0.5) is 8.78 Å². The molecule has 0 unspecified atom stereocenters. The number of hydrogen-bond donors (Lipinski definition) is 0. The summed E-state index contributed by atoms with van der Waals surface area (Å²) in [6.45, 7) is 5.53. The van der Waals surface area contributed by atoms with Gasteiger partial charge in [0, 0.05) is 0 Å². The number of hydrogen-bond acceptors (Lipinski definition) is 2. The Morgan fingerprint density at radius 2 is 1.83 bits per heavy atom. The standard InChI is InChI=1S/C14H19F2NO/c1-3-5-9-17(4-2)10-13(18)14-11(15)7-6-8-12(14)16/h6-8H,3-5,9-10H2,1-2H3. The smallest absolute Gasteiger partial charge is 0.182 e. The number of carbonyl (C=O) groups excluding carboxylic acids is 1. The lowest BCUT2D eigenvalue weighted by Crippen LogP contribution is -2.31. The Bertz CT molecular complexity index is 387. The molecule has 100 valence electrons. The molecule has 0 aliphatic rings. The number of halogens is 2. The van der Waals surface area contributed by atoms with Gasteiger partial charge >= 0.3 is 0 Å². The molecular formula is C14H19F2NO. The Balaban J connectivity index is 2.75. The van der Waals surface area contributed by atoms with Crippen LogP contribution in [0.5, 0.6) is 0 Å². The van der Waals surface area contributed by atoms with Crippen LogP contribution in [-0.4, -0.2) is 30.3 Å². The normalized spacial score (nSPS) is 10.9. The van der Waals surface area contributed by atoms with Gasteiger partial charge in [0.15, 0.2) is 5.78 Å². The Labute approximate surface area is 107 Å². The molecular weight excluding hydrogens is 236 g/mol. The van der Waals surface area contributed by atoms with E-state index in [1.807, 2.05) is 11.8 Å². The van der Waals surface area contributed by atoms with Crippen molar-refractivity contribution in [3.63, 3.8) is 0 Å². The number of benzene rings is 1. The van der Waals surface area contributed by atoms with Crippen LogP contribution >= 0.6 is 0 Å². The number of likely N-dealkylation sites (N-methyl/N-ethyl adjacent to an activating group) is 1. The Morgan fingerprint density at radius 1 is 1.22 bits per heavy atom. The lowest BCUT2D eigenvalue weighted by molar-refractivity contribution is 0.0924. The van der Waals surface area contributed by atoms with Gasteiger partial charge in [-0.15, -0.1) is 0 Å². The molecule has 1 rings (SSSR count). The van der Waals surface area contributed by atoms with Crippen molar-refractivity contribution in [1.29, 1.82) is 0 Å². The molecule has 0 bridgehead atoms. The monoisotopic (exact) mass is 255 g/mol. The Morgan fingerprint density at radius 3 is 2.33 bits per heavy atom. The quantitative estimate of drug-likeness (QED) is 0.697. The van der Waals surface area contributed by atoms with E-state index in [0.717, 1.165) is 31.5 Å². The van der Waals surface area contributed by atoms with E-state index in [1.54, 1.807) is 0 Å². The first kappa shape index (κ1) is 14.8. The molecule has 1 aromatic carbocycles. The van der Waals surface area contributed by atoms with Crippen molar-refractivity contribution < 1.29 is 13.6 Å². The molecule has 0 radical (unpaired) electrons. The minimum atomic E-state index is -0.786. The maximum Gasteiger partial charge on any atom is 0.182 e. The van der Waals surface area contributed by atoms with Crippen LogP contribution in [0.25, 0.3) is 0 Å². The third-order valence-electron chi connectivity index (χ3n) is 2.88. The number of carbonyl (C=O) groups is 1. The van der Waals surface area contributed by atoms with Crippen molar-refractivity contribution in [2.24, 2.45) is 0 Å². The summed E-state index contributed by atoms with van der Waals surface area (Å²) in [6, 6.07) is 3.48. The average Bonchev–Trinajstić information content (AvgIpc) is 2.34. The van der Waals surface area contributed by atoms with Gasteiger partial charge in [-0.05, 0) is 31.6 Å². The molecule has 0 fully saturated rings. The maximum absolute atomic E-state index is 13.4. The van der Waals surface area contributed by atoms with Crippen LogP contribution in [0, 0.1) is 11.6 Å². The van der Waals surface area contributed by atoms with Gasteiger partial charge in [0.1, 0.15) is 11.6 Å². The summed E-state index contributed by atoms with van der Waals surface area (Å²) in [5.74, 6) is -2.07. The van der Waals surface area contributed by atoms with Gasteiger partial charge in [-0.1, -0.05) is 26.3 Å². The summed E-state index contributed by atoms with van der Waals surface area (Å²) in [6.07, 6.45) is 2.00. The summed E-state index contributed by atoms with van der Waals surface area (Å²) in [5.41, 5.74) is -0.424. The largest absolute Gasteiger partial charge is 0.296 e. The number of unbranched alkanes of at least 4 members (excludes halogenated alkanes) is 1. The van der Waals surface area contributed by atoms with Gasteiger partial charge in [0.2, 0.25) is 0 Å². The van der Waals surface area contributed by atoms with E-state index >= 15 is 0 Å². The maximum atomic E-state index is 13.4. The molecule has 2 nitrogen and oxygen atoms in total. The number of nitrogens with zero attached hydrogens (tertiary/aromatic N) is 1. The highest BCUT2D eigenvalue weighted by molar-refractivity contribution is 5.98. The minimum Gasteiger partial charge on any atom is -0.296 e. The number of ketones is 1. The first-order chi connectivity index (χ1) is 8.60. The second-order valence-electron chi connectivity index (χ2n) is 4.24. The van der Waals surface area contributed by atoms with Gasteiger partial charge < -0.3 is 0 Å². The third-order valence-corrected chi connectivity index (χ3v) is 2.88. The van der Waals surface area contributed by atoms with Crippen LogP contribution in [0.1, 0.15) is 37.0 Å². The Hall–Kier alpha value is -1.29. The fraction of sp³-hybridized carbons (Fsp3) is 0.500. The summed E-state index contributed by atoms with van der Waals surface area (Å²) >= 11 is 0. The molecule has 0 spiro atoms. The van der Waals surface area contributed by atoms with E-state index < -0.39 is 23.0 Å². The van der Waals surface area contributed by atoms with Crippen molar-refractivity contribution in [2.45, 2.75) is 26.7 Å². The summed E-state index contributed by atoms with van der Waals surface area (Å²) in [7, 11) is 0. The fourth-order valence-corrected chi connectivity index (χ4v) is 1.78. The lowest BCUT2D eigenvalue weighted by atomic mass is 10.1. The zero-order chi connectivity index (χ0) is 13.5. The third kappa shape index (κ3) is 3.88. The van der Waals surface area contributed by atoms with Gasteiger partial charge in [-0.3, -0.25) is 9.69 Å². The van der Waals surface area contributed by atoms with Gasteiger partial charge in [-0.2, -0.15) is 0 Å². The van der Waals surface area contributed by atoms with Crippen molar-refractivity contribution in [3.05, 3.63) is 35.4 Å². The van der Waals surface area contributed by atoms with E-state index in [2.05, 4.69) is 6.92 Å². The highest BCUT2D eigenvalue weighted by Crippen LogP contribution is 2.13. The molecule has 1 aromatic rings. The van der Waals surface area contributed by atoms with E-state index in [-0.39, 0.29) is 6.54 Å². The zero-order valence-corrected chi connectivity index (χ0v) is 10.9. The molecule has 18 heavy (non-hydrogen) atoms. The highest BCUT2D eigenvalue weighted by atomic mass is 19.1. The lowest BCUT2D eigenvalue weighted by Gasteiger charge is -2.19. The van der Waals surface area contributed by atoms with Crippen molar-refractivity contribution in [1.82, 2.24) is 4.90 Å². The van der Waals surface area contributed by atoms with Crippen LogP contribution in [-0.2, 0) is 0 Å². The molecule has 0 saturated heterocycles. The molecule has 0 atom stereocenters. The fourth-order valence-electron chi connectivity index (χ4n) is 1.78. The second kappa shape index (κ2) is 7.21. The van der Waals surface area contributed by atoms with E-state index in [4.69, 9.17) is 0 Å². The van der Waals surface area contributed by atoms with Crippen molar-refractivity contribution in [3.8, 4) is 0 Å². The summed E-state index contributed by atoms with van der Waals surface area (Å²) in [4.78, 5) is 13.8. The predicted octanol–water partition coefficient (Wildman–Crippen LogP) is 3.27. The minimum absolute atomic E-state index is 0.0638. The average molecular weight is 255 g/mol. The molecule has 0 heterocycles. The van der Waals surface area contributed by atoms with Gasteiger partial charge in [-0.25, -0.2) is 8.78 Å². The van der Waals surface area contributed by atoms with Crippen molar-refractivity contribution in [2.75, 3.05) is 19.6 Å². The summed E-state index contributed by atoms with van der Waals surface area (Å²) < 4.78 is 26.9. The van der Waals surface area contributed by atoms with Crippen LogP contribution < -0.4 is 0 Å². The van der Waals surface area contributed by atoms with Gasteiger partial charge in [0.05, 0.1) is 12.1 Å². The zero-order valence-electron chi connectivity index (χ0n) is 10.9. The van der Waals surface area contributed by atoms with Crippen LogP contribution in [0.15, 0.2) is 18.2 Å². The predicted molar refractivity (Wildman–Crippen MR) is 67.7 cm³/mol. The van der Waals surface area contributed by atoms with Gasteiger partial charge in [0.25, 0.3) is 0 Å². The molecule has 0 amide bonds. The highest BCUT2D eigenvalue weighted by Gasteiger charge is 2.18. The Kier molecular flexibility index (Phi) is 5.92. The molecule has 0 aliphatic carbocycles. The van der Waals surface area contributed by atoms with E-state index in [9.17, 15) is 13.6 Å².